The molecule has 5 heterocycles. The van der Waals surface area contributed by atoms with Crippen molar-refractivity contribution in [2.45, 2.75) is 64.6 Å². The van der Waals surface area contributed by atoms with Crippen LogP contribution in [-0.2, 0) is 33.5 Å². The summed E-state index contributed by atoms with van der Waals surface area (Å²) in [5.74, 6) is -5.25. The molecular formula is C50H44Cl2F2N6O9S2. The highest BCUT2D eigenvalue weighted by atomic mass is 35.5. The van der Waals surface area contributed by atoms with Crippen LogP contribution in [0.1, 0.15) is 63.6 Å². The normalized spacial score (nSPS) is 18.0. The molecule has 4 aromatic carbocycles. The van der Waals surface area contributed by atoms with Gasteiger partial charge in [-0.3, -0.25) is 28.9 Å². The number of carbonyl (C=O) groups excluding carboxylic acids is 6. The molecule has 21 heteroatoms. The van der Waals surface area contributed by atoms with Gasteiger partial charge in [0.15, 0.2) is 22.5 Å². The molecule has 0 spiro atoms. The number of rotatable bonds is 10. The van der Waals surface area contributed by atoms with Gasteiger partial charge >= 0.3 is 5.97 Å². The summed E-state index contributed by atoms with van der Waals surface area (Å²) in [6.45, 7) is 5.45. The third-order valence-electron chi connectivity index (χ3n) is 11.4. The molecular weight excluding hydrogens is 1000 g/mol. The summed E-state index contributed by atoms with van der Waals surface area (Å²) in [5, 5.41) is 22.4. The molecule has 3 amide bonds. The number of carbonyl (C=O) groups is 6. The van der Waals surface area contributed by atoms with Gasteiger partial charge in [-0.25, -0.2) is 28.5 Å². The first-order valence-electron chi connectivity index (χ1n) is 22.1. The molecule has 71 heavy (non-hydrogen) atoms. The van der Waals surface area contributed by atoms with Crippen molar-refractivity contribution in [3.8, 4) is 0 Å². The van der Waals surface area contributed by atoms with Crippen LogP contribution < -0.4 is 4.90 Å². The predicted molar refractivity (Wildman–Crippen MR) is 267 cm³/mol. The van der Waals surface area contributed by atoms with Crippen molar-refractivity contribution in [2.75, 3.05) is 24.6 Å². The molecule has 0 bridgehead atoms. The zero-order valence-electron chi connectivity index (χ0n) is 38.2. The Morgan fingerprint density at radius 1 is 0.803 bits per heavy atom. The SMILES string of the molecule is CC(=O)N1CCCC1C(=O)C1=C(O)C(=O)N(c2nc3ccc(Cl)cc3s2)C1c1ccc(F)cc1.CCOC(=O)/C(O)=C/C(=O)C1CCCN1C(C)=O.Fc1ccc(C=Nc2nc3ccc(Cl)cc3s2)cc1. The summed E-state index contributed by atoms with van der Waals surface area (Å²) in [5.41, 5.74) is 2.63. The average Bonchev–Trinajstić information content (AvgIpc) is 4.20. The number of halogens is 4. The van der Waals surface area contributed by atoms with Crippen LogP contribution >= 0.6 is 45.9 Å². The molecule has 0 radical (unpaired) electrons. The fourth-order valence-electron chi connectivity index (χ4n) is 8.15. The number of ether oxygens (including phenoxy) is 1. The lowest BCUT2D eigenvalue weighted by atomic mass is 9.92. The van der Waals surface area contributed by atoms with Crippen LogP contribution in [0.15, 0.2) is 113 Å². The molecule has 9 rings (SSSR count). The predicted octanol–water partition coefficient (Wildman–Crippen LogP) is 9.98. The van der Waals surface area contributed by atoms with Crippen molar-refractivity contribution in [1.29, 1.82) is 0 Å². The lowest BCUT2D eigenvalue weighted by Crippen LogP contribution is -2.41. The molecule has 0 saturated carbocycles. The largest absolute Gasteiger partial charge is 0.503 e. The number of aromatic nitrogens is 2. The van der Waals surface area contributed by atoms with E-state index in [1.807, 2.05) is 12.1 Å². The molecule has 3 aliphatic heterocycles. The number of aliphatic hydroxyl groups is 2. The maximum atomic E-state index is 13.7. The second-order valence-electron chi connectivity index (χ2n) is 16.2. The first-order valence-corrected chi connectivity index (χ1v) is 24.5. The topological polar surface area (TPSA) is 200 Å². The Kier molecular flexibility index (Phi) is 16.7. The van der Waals surface area contributed by atoms with Gasteiger partial charge in [-0.1, -0.05) is 70.1 Å². The smallest absolute Gasteiger partial charge is 0.373 e. The number of ketones is 2. The molecule has 3 aliphatic rings. The maximum Gasteiger partial charge on any atom is 0.373 e. The van der Waals surface area contributed by atoms with Gasteiger partial charge in [0.25, 0.3) is 5.91 Å². The molecule has 2 saturated heterocycles. The third-order valence-corrected chi connectivity index (χ3v) is 13.9. The Morgan fingerprint density at radius 2 is 1.35 bits per heavy atom. The maximum absolute atomic E-state index is 13.7. The Balaban J connectivity index is 0.000000170. The second-order valence-corrected chi connectivity index (χ2v) is 19.1. The van der Waals surface area contributed by atoms with E-state index in [2.05, 4.69) is 19.7 Å². The van der Waals surface area contributed by atoms with E-state index in [1.165, 1.54) is 87.6 Å². The van der Waals surface area contributed by atoms with Crippen molar-refractivity contribution in [3.05, 3.63) is 141 Å². The molecule has 0 aliphatic carbocycles. The first kappa shape index (κ1) is 51.9. The number of likely N-dealkylation sites (tertiary alicyclic amines) is 2. The van der Waals surface area contributed by atoms with Crippen molar-refractivity contribution in [3.63, 3.8) is 0 Å². The van der Waals surface area contributed by atoms with E-state index in [-0.39, 0.29) is 34.9 Å². The zero-order valence-corrected chi connectivity index (χ0v) is 41.3. The van der Waals surface area contributed by atoms with E-state index in [9.17, 15) is 47.8 Å². The molecule has 3 unspecified atom stereocenters. The number of thiazole rings is 2. The number of anilines is 1. The summed E-state index contributed by atoms with van der Waals surface area (Å²) < 4.78 is 32.7. The van der Waals surface area contributed by atoms with Gasteiger partial charge < -0.3 is 24.7 Å². The van der Waals surface area contributed by atoms with Crippen molar-refractivity contribution < 1.29 is 52.5 Å². The standard InChI is InChI=1S/C24H19ClFN3O4S.C14H8ClFN2S.C12H17NO5/c1-12(30)28-10-2-3-17(28)21(31)19-20(13-4-7-15(26)8-5-13)29(23(33)22(19)32)24-27-16-9-6-14(25)11-18(16)34-24;15-10-3-6-12-13(7-10)19-14(18-12)17-8-9-1-4-11(16)5-2-9;1-3-18-12(17)11(16)7-10(15)9-5-4-6-13(9)8(2)14/h4-9,11,17,20,32H,2-3,10H2,1H3;1-8H;7,9,16H,3-6H2,1-2H3/b;;11-7-. The van der Waals surface area contributed by atoms with Gasteiger partial charge in [0, 0.05) is 49.3 Å². The van der Waals surface area contributed by atoms with Crippen LogP contribution in [0.5, 0.6) is 0 Å². The second kappa shape index (κ2) is 22.9. The Labute approximate surface area is 423 Å². The summed E-state index contributed by atoms with van der Waals surface area (Å²) >= 11 is 14.7. The van der Waals surface area contributed by atoms with E-state index < -0.39 is 58.9 Å². The highest BCUT2D eigenvalue weighted by molar-refractivity contribution is 7.22. The minimum absolute atomic E-state index is 0.118. The fourth-order valence-corrected chi connectivity index (χ4v) is 10.5. The molecule has 3 atom stereocenters. The minimum atomic E-state index is -1.02. The first-order chi connectivity index (χ1) is 33.9. The molecule has 368 valence electrons. The lowest BCUT2D eigenvalue weighted by Gasteiger charge is -2.27. The number of hydrogen-bond donors (Lipinski definition) is 2. The molecule has 6 aromatic rings. The quantitative estimate of drug-likeness (QED) is 0.0573. The molecule has 2 fully saturated rings. The van der Waals surface area contributed by atoms with Gasteiger partial charge in [0.05, 0.1) is 50.7 Å². The van der Waals surface area contributed by atoms with Gasteiger partial charge in [0.1, 0.15) is 11.6 Å². The Bertz CT molecular complexity index is 3130. The number of esters is 1. The number of aliphatic hydroxyl groups excluding tert-OH is 2. The summed E-state index contributed by atoms with van der Waals surface area (Å²) in [4.78, 5) is 90.6. The van der Waals surface area contributed by atoms with Crippen LogP contribution in [0.4, 0.5) is 19.0 Å². The number of benzene rings is 4. The van der Waals surface area contributed by atoms with E-state index in [4.69, 9.17) is 23.2 Å². The number of hydrogen-bond acceptors (Lipinski definition) is 14. The molecule has 2 aromatic heterocycles. The Morgan fingerprint density at radius 3 is 1.94 bits per heavy atom. The van der Waals surface area contributed by atoms with Crippen molar-refractivity contribution in [2.24, 2.45) is 4.99 Å². The fraction of sp³-hybridized carbons (Fsp3) is 0.260. The summed E-state index contributed by atoms with van der Waals surface area (Å²) in [7, 11) is 0. The monoisotopic (exact) mass is 1040 g/mol. The average molecular weight is 1050 g/mol. The van der Waals surface area contributed by atoms with Gasteiger partial charge in [0.2, 0.25) is 22.7 Å². The summed E-state index contributed by atoms with van der Waals surface area (Å²) in [6.07, 6.45) is 4.86. The highest BCUT2D eigenvalue weighted by Gasteiger charge is 2.49. The van der Waals surface area contributed by atoms with Crippen molar-refractivity contribution >= 4 is 118 Å². The van der Waals surface area contributed by atoms with Gasteiger partial charge in [-0.05, 0) is 104 Å². The van der Waals surface area contributed by atoms with E-state index in [0.717, 1.165) is 33.0 Å². The number of Topliss-reactive ketones (excluding diaryl/α,β-unsaturated/α-hetero) is 1. The number of amides is 3. The van der Waals surface area contributed by atoms with Crippen LogP contribution in [0.2, 0.25) is 10.0 Å². The van der Waals surface area contributed by atoms with E-state index in [0.29, 0.717) is 58.6 Å². The van der Waals surface area contributed by atoms with E-state index in [1.54, 1.807) is 49.5 Å². The highest BCUT2D eigenvalue weighted by Crippen LogP contribution is 2.45. The molecule has 15 nitrogen and oxygen atoms in total. The minimum Gasteiger partial charge on any atom is -0.503 e. The van der Waals surface area contributed by atoms with Crippen LogP contribution in [0.3, 0.4) is 0 Å². The Hall–Kier alpha value is -6.93. The number of fused-ring (bicyclic) bond motifs is 2. The van der Waals surface area contributed by atoms with Crippen LogP contribution in [-0.4, -0.2) is 103 Å². The lowest BCUT2D eigenvalue weighted by molar-refractivity contribution is -0.142. The van der Waals surface area contributed by atoms with Crippen LogP contribution in [0.25, 0.3) is 20.4 Å². The zero-order chi connectivity index (χ0) is 51.1. The van der Waals surface area contributed by atoms with Gasteiger partial charge in [-0.2, -0.15) is 0 Å². The number of aliphatic imine (C=N–C) groups is 1. The third kappa shape index (κ3) is 12.2. The van der Waals surface area contributed by atoms with E-state index >= 15 is 0 Å². The summed E-state index contributed by atoms with van der Waals surface area (Å²) in [6, 6.07) is 19.8. The number of nitrogens with zero attached hydrogens (tertiary/aromatic N) is 6. The van der Waals surface area contributed by atoms with Crippen LogP contribution in [0, 0.1) is 11.6 Å². The molecule has 2 N–H and O–H groups in total. The van der Waals surface area contributed by atoms with Crippen molar-refractivity contribution in [1.82, 2.24) is 19.8 Å². The van der Waals surface area contributed by atoms with Gasteiger partial charge in [-0.15, -0.1) is 0 Å².